The summed E-state index contributed by atoms with van der Waals surface area (Å²) in [4.78, 5) is 0. The van der Waals surface area contributed by atoms with E-state index >= 15 is 0 Å². The van der Waals surface area contributed by atoms with Gasteiger partial charge in [-0.2, -0.15) is 0 Å². The van der Waals surface area contributed by atoms with Crippen molar-refractivity contribution in [2.24, 2.45) is 0 Å². The maximum Gasteiger partial charge on any atom is 0.134 e. The van der Waals surface area contributed by atoms with E-state index in [-0.39, 0.29) is 0 Å². The SMILES string of the molecule is CC.CC.Cc1cccc2occc12.c1ccc2sccc2c1. The van der Waals surface area contributed by atoms with Crippen molar-refractivity contribution >= 4 is 32.4 Å². The van der Waals surface area contributed by atoms with Crippen LogP contribution in [0.1, 0.15) is 33.3 Å². The number of aryl methyl sites for hydroxylation is 1. The van der Waals surface area contributed by atoms with Gasteiger partial charge < -0.3 is 4.42 Å². The summed E-state index contributed by atoms with van der Waals surface area (Å²) in [5, 5.41) is 4.68. The van der Waals surface area contributed by atoms with Crippen molar-refractivity contribution in [3.8, 4) is 0 Å². The van der Waals surface area contributed by atoms with Gasteiger partial charge in [0.05, 0.1) is 6.26 Å². The second-order valence-electron chi connectivity index (χ2n) is 4.37. The zero-order valence-corrected chi connectivity index (χ0v) is 15.5. The minimum atomic E-state index is 0.972. The standard InChI is InChI=1S/C9H8O.C8H6S.2C2H6/c1-7-3-2-4-9-8(7)5-6-10-9;1-2-4-8-7(3-1)5-6-9-8;2*1-2/h2-6H,1H3;1-6H;2*1-2H3. The molecule has 0 saturated heterocycles. The van der Waals surface area contributed by atoms with Crippen LogP contribution in [0, 0.1) is 6.92 Å². The average Bonchev–Trinajstić information content (AvgIpc) is 3.29. The van der Waals surface area contributed by atoms with Crippen molar-refractivity contribution in [2.45, 2.75) is 34.6 Å². The van der Waals surface area contributed by atoms with Gasteiger partial charge in [0.15, 0.2) is 0 Å². The molecule has 2 aromatic heterocycles. The van der Waals surface area contributed by atoms with E-state index in [1.54, 1.807) is 17.6 Å². The minimum Gasteiger partial charge on any atom is -0.464 e. The summed E-state index contributed by atoms with van der Waals surface area (Å²) in [5.41, 5.74) is 2.24. The number of benzene rings is 2. The van der Waals surface area contributed by atoms with Gasteiger partial charge in [-0.15, -0.1) is 11.3 Å². The van der Waals surface area contributed by atoms with E-state index in [1.807, 2.05) is 45.9 Å². The Morgan fingerprint density at radius 1 is 0.783 bits per heavy atom. The van der Waals surface area contributed by atoms with Crippen molar-refractivity contribution < 1.29 is 4.42 Å². The normalized spacial score (nSPS) is 9.09. The van der Waals surface area contributed by atoms with Gasteiger partial charge in [0.1, 0.15) is 5.58 Å². The number of hydrogen-bond acceptors (Lipinski definition) is 2. The lowest BCUT2D eigenvalue weighted by Crippen LogP contribution is -1.69. The molecule has 2 heteroatoms. The third-order valence-corrected chi connectivity index (χ3v) is 3.97. The smallest absolute Gasteiger partial charge is 0.134 e. The molecule has 0 bridgehead atoms. The summed E-state index contributed by atoms with van der Waals surface area (Å²) in [7, 11) is 0. The lowest BCUT2D eigenvalue weighted by Gasteiger charge is -1.90. The summed E-state index contributed by atoms with van der Waals surface area (Å²) in [6.45, 7) is 10.1. The molecule has 0 radical (unpaired) electrons. The summed E-state index contributed by atoms with van der Waals surface area (Å²) in [6.07, 6.45) is 1.72. The largest absolute Gasteiger partial charge is 0.464 e. The third kappa shape index (κ3) is 5.26. The van der Waals surface area contributed by atoms with E-state index in [2.05, 4.69) is 48.7 Å². The molecule has 0 N–H and O–H groups in total. The molecule has 0 aliphatic carbocycles. The quantitative estimate of drug-likeness (QED) is 0.323. The van der Waals surface area contributed by atoms with Gasteiger partial charge in [0.2, 0.25) is 0 Å². The van der Waals surface area contributed by atoms with Crippen LogP contribution in [0.2, 0.25) is 0 Å². The lowest BCUT2D eigenvalue weighted by atomic mass is 10.1. The molecule has 4 aromatic rings. The van der Waals surface area contributed by atoms with Gasteiger partial charge in [0.25, 0.3) is 0 Å². The molecule has 4 rings (SSSR count). The molecular formula is C21H26OS. The van der Waals surface area contributed by atoms with E-state index in [0.29, 0.717) is 0 Å². The van der Waals surface area contributed by atoms with Crippen molar-refractivity contribution in [2.75, 3.05) is 0 Å². The van der Waals surface area contributed by atoms with Crippen molar-refractivity contribution in [3.63, 3.8) is 0 Å². The zero-order chi connectivity index (χ0) is 17.1. The van der Waals surface area contributed by atoms with Crippen LogP contribution in [-0.2, 0) is 0 Å². The van der Waals surface area contributed by atoms with Gasteiger partial charge in [-0.3, -0.25) is 0 Å². The molecule has 0 aliphatic rings. The Bertz CT molecular complexity index is 765. The van der Waals surface area contributed by atoms with Crippen molar-refractivity contribution in [1.82, 2.24) is 0 Å². The second-order valence-corrected chi connectivity index (χ2v) is 5.31. The first-order valence-electron chi connectivity index (χ1n) is 8.20. The highest BCUT2D eigenvalue weighted by Crippen LogP contribution is 2.19. The molecule has 0 aliphatic heterocycles. The van der Waals surface area contributed by atoms with Crippen LogP contribution in [0.4, 0.5) is 0 Å². The molecular weight excluding hydrogens is 300 g/mol. The molecule has 2 heterocycles. The van der Waals surface area contributed by atoms with Crippen LogP contribution in [0.15, 0.2) is 70.7 Å². The molecule has 0 atom stereocenters. The van der Waals surface area contributed by atoms with Crippen LogP contribution in [0.5, 0.6) is 0 Å². The average molecular weight is 327 g/mol. The van der Waals surface area contributed by atoms with Gasteiger partial charge >= 0.3 is 0 Å². The van der Waals surface area contributed by atoms with Crippen LogP contribution < -0.4 is 0 Å². The van der Waals surface area contributed by atoms with Crippen LogP contribution in [-0.4, -0.2) is 0 Å². The molecule has 0 fully saturated rings. The summed E-state index contributed by atoms with van der Waals surface area (Å²) < 4.78 is 6.57. The Hall–Kier alpha value is -2.06. The molecule has 0 unspecified atom stereocenters. The molecule has 0 saturated carbocycles. The van der Waals surface area contributed by atoms with Gasteiger partial charge in [-0.25, -0.2) is 0 Å². The summed E-state index contributed by atoms with van der Waals surface area (Å²) in [5.74, 6) is 0. The second kappa shape index (κ2) is 10.6. The first-order valence-corrected chi connectivity index (χ1v) is 9.07. The molecule has 0 spiro atoms. The fraction of sp³-hybridized carbons (Fsp3) is 0.238. The van der Waals surface area contributed by atoms with Crippen LogP contribution in [0.3, 0.4) is 0 Å². The first kappa shape index (κ1) is 19.0. The summed E-state index contributed by atoms with van der Waals surface area (Å²) >= 11 is 1.79. The van der Waals surface area contributed by atoms with Crippen LogP contribution in [0.25, 0.3) is 21.1 Å². The number of thiophene rings is 1. The Labute approximate surface area is 143 Å². The fourth-order valence-electron chi connectivity index (χ4n) is 2.05. The molecule has 23 heavy (non-hydrogen) atoms. The molecule has 122 valence electrons. The highest BCUT2D eigenvalue weighted by atomic mass is 32.1. The summed E-state index contributed by atoms with van der Waals surface area (Å²) in [6, 6.07) is 18.6. The number of hydrogen-bond donors (Lipinski definition) is 0. The highest BCUT2D eigenvalue weighted by molar-refractivity contribution is 7.17. The predicted octanol–water partition coefficient (Wildman–Crippen LogP) is 7.69. The number of fused-ring (bicyclic) bond motifs is 2. The topological polar surface area (TPSA) is 13.1 Å². The predicted molar refractivity (Wildman–Crippen MR) is 105 cm³/mol. The highest BCUT2D eigenvalue weighted by Gasteiger charge is 1.96. The molecule has 0 amide bonds. The van der Waals surface area contributed by atoms with Crippen molar-refractivity contribution in [1.29, 1.82) is 0 Å². The van der Waals surface area contributed by atoms with Gasteiger partial charge in [-0.1, -0.05) is 58.0 Å². The Morgan fingerprint density at radius 2 is 1.52 bits per heavy atom. The Kier molecular flexibility index (Phi) is 8.78. The molecule has 2 aromatic carbocycles. The van der Waals surface area contributed by atoms with Crippen molar-refractivity contribution in [3.05, 3.63) is 71.8 Å². The fourth-order valence-corrected chi connectivity index (χ4v) is 2.84. The maximum absolute atomic E-state index is 5.20. The first-order chi connectivity index (χ1) is 11.3. The minimum absolute atomic E-state index is 0.972. The van der Waals surface area contributed by atoms with Gasteiger partial charge in [0, 0.05) is 10.1 Å². The number of furan rings is 1. The van der Waals surface area contributed by atoms with Crippen LogP contribution >= 0.6 is 11.3 Å². The lowest BCUT2D eigenvalue weighted by molar-refractivity contribution is 0.616. The van der Waals surface area contributed by atoms with E-state index in [9.17, 15) is 0 Å². The maximum atomic E-state index is 5.20. The molecule has 1 nitrogen and oxygen atoms in total. The van der Waals surface area contributed by atoms with E-state index in [4.69, 9.17) is 4.42 Å². The van der Waals surface area contributed by atoms with E-state index in [0.717, 1.165) is 5.58 Å². The van der Waals surface area contributed by atoms with E-state index in [1.165, 1.54) is 21.0 Å². The zero-order valence-electron chi connectivity index (χ0n) is 14.7. The van der Waals surface area contributed by atoms with Gasteiger partial charge in [-0.05, 0) is 47.5 Å². The third-order valence-electron chi connectivity index (χ3n) is 3.08. The van der Waals surface area contributed by atoms with E-state index < -0.39 is 0 Å². The number of rotatable bonds is 0. The Morgan fingerprint density at radius 3 is 2.22 bits per heavy atom. The Balaban J connectivity index is 0.000000190. The monoisotopic (exact) mass is 326 g/mol.